The van der Waals surface area contributed by atoms with Crippen molar-refractivity contribution in [2.45, 2.75) is 18.9 Å². The molecule has 104 valence electrons. The van der Waals surface area contributed by atoms with Gasteiger partial charge < -0.3 is 15.2 Å². The van der Waals surface area contributed by atoms with Gasteiger partial charge in [0, 0.05) is 17.7 Å². The number of carbonyl (C=O) groups is 1. The molecule has 1 saturated heterocycles. The lowest BCUT2D eigenvalue weighted by atomic mass is 10.1. The largest absolute Gasteiger partial charge is 0.350 e. The Morgan fingerprint density at radius 1 is 1.25 bits per heavy atom. The molecule has 2 N–H and O–H groups in total. The van der Waals surface area contributed by atoms with E-state index in [1.54, 1.807) is 6.07 Å². The van der Waals surface area contributed by atoms with Crippen molar-refractivity contribution in [3.63, 3.8) is 0 Å². The highest BCUT2D eigenvalue weighted by atomic mass is 16.5. The van der Waals surface area contributed by atoms with Gasteiger partial charge in [-0.2, -0.15) is 0 Å². The molecule has 2 heterocycles. The van der Waals surface area contributed by atoms with Gasteiger partial charge in [0.05, 0.1) is 0 Å². The molecule has 2 aromatic rings. The second kappa shape index (κ2) is 5.88. The Morgan fingerprint density at radius 2 is 2.00 bits per heavy atom. The van der Waals surface area contributed by atoms with Crippen LogP contribution in [0.4, 0.5) is 0 Å². The molecule has 0 atom stereocenters. The number of piperidine rings is 1. The summed E-state index contributed by atoms with van der Waals surface area (Å²) in [6.07, 6.45) is 1.90. The van der Waals surface area contributed by atoms with Crippen LogP contribution in [0.15, 0.2) is 40.9 Å². The Hall–Kier alpha value is -2.14. The second-order valence-corrected chi connectivity index (χ2v) is 4.94. The van der Waals surface area contributed by atoms with E-state index in [0.29, 0.717) is 5.69 Å². The lowest BCUT2D eigenvalue weighted by Crippen LogP contribution is -2.42. The summed E-state index contributed by atoms with van der Waals surface area (Å²) in [5.74, 6) is 0.0777. The Labute approximate surface area is 117 Å². The van der Waals surface area contributed by atoms with E-state index in [1.165, 1.54) is 0 Å². The molecule has 0 unspecified atom stereocenters. The smallest absolute Gasteiger partial charge is 0.290 e. The van der Waals surface area contributed by atoms with Gasteiger partial charge in [0.15, 0.2) is 0 Å². The number of nitrogens with one attached hydrogen (secondary N) is 2. The number of hydrogen-bond donors (Lipinski definition) is 2. The van der Waals surface area contributed by atoms with Crippen molar-refractivity contribution in [1.29, 1.82) is 0 Å². The van der Waals surface area contributed by atoms with Crippen LogP contribution in [0.25, 0.3) is 11.3 Å². The van der Waals surface area contributed by atoms with Gasteiger partial charge in [0.25, 0.3) is 5.91 Å². The maximum Gasteiger partial charge on any atom is 0.290 e. The van der Waals surface area contributed by atoms with Gasteiger partial charge in [0.1, 0.15) is 5.69 Å². The molecule has 20 heavy (non-hydrogen) atoms. The summed E-state index contributed by atoms with van der Waals surface area (Å²) in [5.41, 5.74) is 1.62. The van der Waals surface area contributed by atoms with E-state index in [-0.39, 0.29) is 17.7 Å². The van der Waals surface area contributed by atoms with E-state index >= 15 is 0 Å². The number of aromatic nitrogens is 1. The summed E-state index contributed by atoms with van der Waals surface area (Å²) in [6, 6.07) is 11.6. The normalized spacial score (nSPS) is 16.0. The molecule has 1 amide bonds. The molecular weight excluding hydrogens is 254 g/mol. The van der Waals surface area contributed by atoms with E-state index in [9.17, 15) is 4.79 Å². The fraction of sp³-hybridized carbons (Fsp3) is 0.333. The highest BCUT2D eigenvalue weighted by Crippen LogP contribution is 2.18. The molecule has 1 aliphatic heterocycles. The summed E-state index contributed by atoms with van der Waals surface area (Å²) in [5, 5.41) is 10.2. The second-order valence-electron chi connectivity index (χ2n) is 4.94. The van der Waals surface area contributed by atoms with Gasteiger partial charge in [-0.1, -0.05) is 35.5 Å². The Balaban J connectivity index is 1.68. The van der Waals surface area contributed by atoms with Crippen LogP contribution in [-0.2, 0) is 0 Å². The van der Waals surface area contributed by atoms with Crippen molar-refractivity contribution in [2.24, 2.45) is 0 Å². The van der Waals surface area contributed by atoms with Crippen LogP contribution < -0.4 is 10.6 Å². The monoisotopic (exact) mass is 271 g/mol. The zero-order chi connectivity index (χ0) is 13.8. The highest BCUT2D eigenvalue weighted by Gasteiger charge is 2.19. The first-order chi connectivity index (χ1) is 9.83. The van der Waals surface area contributed by atoms with Crippen molar-refractivity contribution >= 4 is 5.91 Å². The van der Waals surface area contributed by atoms with Gasteiger partial charge in [-0.05, 0) is 25.9 Å². The van der Waals surface area contributed by atoms with Crippen LogP contribution in [0.5, 0.6) is 0 Å². The third-order valence-corrected chi connectivity index (χ3v) is 3.48. The van der Waals surface area contributed by atoms with Crippen LogP contribution in [0.1, 0.15) is 23.4 Å². The van der Waals surface area contributed by atoms with Crippen molar-refractivity contribution in [3.8, 4) is 11.3 Å². The summed E-state index contributed by atoms with van der Waals surface area (Å²) >= 11 is 0. The number of hydrogen-bond acceptors (Lipinski definition) is 4. The third-order valence-electron chi connectivity index (χ3n) is 3.48. The van der Waals surface area contributed by atoms with Crippen molar-refractivity contribution in [3.05, 3.63) is 42.2 Å². The summed E-state index contributed by atoms with van der Waals surface area (Å²) in [7, 11) is 0. The zero-order valence-electron chi connectivity index (χ0n) is 11.1. The van der Waals surface area contributed by atoms with Gasteiger partial charge >= 0.3 is 0 Å². The molecule has 0 aliphatic carbocycles. The maximum absolute atomic E-state index is 12.1. The lowest BCUT2D eigenvalue weighted by Gasteiger charge is -2.22. The molecule has 3 rings (SSSR count). The highest BCUT2D eigenvalue weighted by molar-refractivity contribution is 5.92. The number of nitrogens with zero attached hydrogens (tertiary/aromatic N) is 1. The molecule has 0 radical (unpaired) electrons. The average molecular weight is 271 g/mol. The molecular formula is C15H17N3O2. The summed E-state index contributed by atoms with van der Waals surface area (Å²) in [6.45, 7) is 1.88. The van der Waals surface area contributed by atoms with Crippen LogP contribution in [0.3, 0.4) is 0 Å². The van der Waals surface area contributed by atoms with Gasteiger partial charge in [-0.15, -0.1) is 0 Å². The van der Waals surface area contributed by atoms with Gasteiger partial charge in [0.2, 0.25) is 5.76 Å². The summed E-state index contributed by atoms with van der Waals surface area (Å²) in [4.78, 5) is 12.1. The van der Waals surface area contributed by atoms with Crippen molar-refractivity contribution in [1.82, 2.24) is 15.8 Å². The standard InChI is InChI=1S/C15H17N3O2/c19-15(17-12-6-8-16-9-7-12)14-10-13(18-20-14)11-4-2-1-3-5-11/h1-5,10,12,16H,6-9H2,(H,17,19). The van der Waals surface area contributed by atoms with Crippen LogP contribution in [-0.4, -0.2) is 30.2 Å². The number of carbonyl (C=O) groups excluding carboxylic acids is 1. The van der Waals surface area contributed by atoms with E-state index < -0.39 is 0 Å². The quantitative estimate of drug-likeness (QED) is 0.893. The van der Waals surface area contributed by atoms with E-state index in [4.69, 9.17) is 4.52 Å². The molecule has 5 heteroatoms. The predicted octanol–water partition coefficient (Wildman–Crippen LogP) is 1.82. The molecule has 0 bridgehead atoms. The van der Waals surface area contributed by atoms with Crippen LogP contribution >= 0.6 is 0 Å². The minimum atomic E-state index is -0.188. The Morgan fingerprint density at radius 3 is 2.75 bits per heavy atom. The summed E-state index contributed by atoms with van der Waals surface area (Å²) < 4.78 is 5.14. The van der Waals surface area contributed by atoms with E-state index in [0.717, 1.165) is 31.5 Å². The fourth-order valence-electron chi connectivity index (χ4n) is 2.35. The number of benzene rings is 1. The minimum absolute atomic E-state index is 0.188. The lowest BCUT2D eigenvalue weighted by molar-refractivity contribution is 0.0892. The van der Waals surface area contributed by atoms with Gasteiger partial charge in [-0.3, -0.25) is 4.79 Å². The maximum atomic E-state index is 12.1. The van der Waals surface area contributed by atoms with E-state index in [1.807, 2.05) is 30.3 Å². The SMILES string of the molecule is O=C(NC1CCNCC1)c1cc(-c2ccccc2)no1. The molecule has 0 spiro atoms. The molecule has 1 aliphatic rings. The molecule has 1 aromatic heterocycles. The minimum Gasteiger partial charge on any atom is -0.350 e. The first kappa shape index (κ1) is 12.9. The molecule has 0 saturated carbocycles. The van der Waals surface area contributed by atoms with Crippen molar-refractivity contribution < 1.29 is 9.32 Å². The van der Waals surface area contributed by atoms with Crippen molar-refractivity contribution in [2.75, 3.05) is 13.1 Å². The zero-order valence-corrected chi connectivity index (χ0v) is 11.1. The topological polar surface area (TPSA) is 67.2 Å². The van der Waals surface area contributed by atoms with Gasteiger partial charge in [-0.25, -0.2) is 0 Å². The van der Waals surface area contributed by atoms with Crippen LogP contribution in [0, 0.1) is 0 Å². The number of rotatable bonds is 3. The Kier molecular flexibility index (Phi) is 3.78. The first-order valence-corrected chi connectivity index (χ1v) is 6.86. The predicted molar refractivity (Wildman–Crippen MR) is 75.3 cm³/mol. The number of amides is 1. The Bertz CT molecular complexity index is 574. The first-order valence-electron chi connectivity index (χ1n) is 6.86. The van der Waals surface area contributed by atoms with Crippen LogP contribution in [0.2, 0.25) is 0 Å². The average Bonchev–Trinajstić information content (AvgIpc) is 2.99. The molecule has 1 fully saturated rings. The third kappa shape index (κ3) is 2.88. The molecule has 5 nitrogen and oxygen atoms in total. The molecule has 1 aromatic carbocycles. The van der Waals surface area contributed by atoms with E-state index in [2.05, 4.69) is 15.8 Å². The fourth-order valence-corrected chi connectivity index (χ4v) is 2.35.